The zero-order valence-electron chi connectivity index (χ0n) is 12.0. The van der Waals surface area contributed by atoms with Gasteiger partial charge in [-0.25, -0.2) is 0 Å². The van der Waals surface area contributed by atoms with Crippen molar-refractivity contribution in [1.29, 1.82) is 0 Å². The lowest BCUT2D eigenvalue weighted by molar-refractivity contribution is -0.138. The smallest absolute Gasteiger partial charge is 0.373 e. The van der Waals surface area contributed by atoms with Crippen molar-refractivity contribution >= 4 is 16.5 Å². The maximum atomic E-state index is 12.5. The van der Waals surface area contributed by atoms with Crippen molar-refractivity contribution in [3.05, 3.63) is 5.01 Å². The van der Waals surface area contributed by atoms with Crippen LogP contribution in [-0.4, -0.2) is 29.0 Å². The molecule has 0 radical (unpaired) electrons. The Morgan fingerprint density at radius 3 is 2.52 bits per heavy atom. The zero-order chi connectivity index (χ0) is 15.3. The van der Waals surface area contributed by atoms with Crippen LogP contribution in [0.4, 0.5) is 18.3 Å². The molecule has 0 aromatic carbocycles. The van der Waals surface area contributed by atoms with Gasteiger partial charge in [0.05, 0.1) is 5.60 Å². The van der Waals surface area contributed by atoms with E-state index in [9.17, 15) is 13.2 Å². The average Bonchev–Trinajstić information content (AvgIpc) is 2.93. The summed E-state index contributed by atoms with van der Waals surface area (Å²) < 4.78 is 43.5. The van der Waals surface area contributed by atoms with E-state index in [1.807, 2.05) is 6.92 Å². The van der Waals surface area contributed by atoms with Crippen LogP contribution in [0.5, 0.6) is 0 Å². The average molecular weight is 323 g/mol. The Labute approximate surface area is 126 Å². The second-order valence-corrected chi connectivity index (χ2v) is 6.33. The van der Waals surface area contributed by atoms with Crippen molar-refractivity contribution < 1.29 is 17.9 Å². The number of ether oxygens (including phenoxy) is 1. The van der Waals surface area contributed by atoms with Crippen LogP contribution in [0.2, 0.25) is 0 Å². The van der Waals surface area contributed by atoms with Gasteiger partial charge in [-0.3, -0.25) is 0 Å². The lowest BCUT2D eigenvalue weighted by atomic mass is 9.84. The highest BCUT2D eigenvalue weighted by Gasteiger charge is 2.36. The summed E-state index contributed by atoms with van der Waals surface area (Å²) in [5.41, 5.74) is -0.279. The van der Waals surface area contributed by atoms with Gasteiger partial charge < -0.3 is 10.1 Å². The molecule has 1 aliphatic carbocycles. The number of alkyl halides is 3. The summed E-state index contributed by atoms with van der Waals surface area (Å²) in [6.07, 6.45) is 1.74. The van der Waals surface area contributed by atoms with Gasteiger partial charge in [-0.15, -0.1) is 10.2 Å². The standard InChI is InChI=1S/C13H20F3N3OS/c1-2-8-20-12(6-4-3-5-7-12)9-17-11-19-18-10(21-11)13(14,15)16/h2-9H2,1H3,(H,17,19). The highest BCUT2D eigenvalue weighted by Crippen LogP contribution is 2.35. The van der Waals surface area contributed by atoms with Crippen LogP contribution in [0.3, 0.4) is 0 Å². The number of nitrogens with zero attached hydrogens (tertiary/aromatic N) is 2. The van der Waals surface area contributed by atoms with Crippen LogP contribution in [0.25, 0.3) is 0 Å². The molecule has 0 unspecified atom stereocenters. The molecule has 0 spiro atoms. The Morgan fingerprint density at radius 1 is 1.24 bits per heavy atom. The summed E-state index contributed by atoms with van der Waals surface area (Å²) in [6.45, 7) is 3.20. The predicted molar refractivity (Wildman–Crippen MR) is 75.5 cm³/mol. The van der Waals surface area contributed by atoms with Crippen LogP contribution >= 0.6 is 11.3 Å². The number of rotatable bonds is 6. The SMILES string of the molecule is CCCOC1(CNc2nnc(C(F)(F)F)s2)CCCCC1. The van der Waals surface area contributed by atoms with Gasteiger partial charge in [0.15, 0.2) is 0 Å². The first-order chi connectivity index (χ1) is 9.95. The lowest BCUT2D eigenvalue weighted by Gasteiger charge is -2.37. The van der Waals surface area contributed by atoms with Crippen molar-refractivity contribution in [1.82, 2.24) is 10.2 Å². The lowest BCUT2D eigenvalue weighted by Crippen LogP contribution is -2.42. The minimum Gasteiger partial charge on any atom is -0.373 e. The Morgan fingerprint density at radius 2 is 1.95 bits per heavy atom. The van der Waals surface area contributed by atoms with E-state index >= 15 is 0 Å². The summed E-state index contributed by atoms with van der Waals surface area (Å²) >= 11 is 0.537. The van der Waals surface area contributed by atoms with E-state index < -0.39 is 11.2 Å². The van der Waals surface area contributed by atoms with Gasteiger partial charge in [0.2, 0.25) is 10.1 Å². The Bertz CT molecular complexity index is 444. The molecule has 0 aliphatic heterocycles. The fraction of sp³-hybridized carbons (Fsp3) is 0.846. The van der Waals surface area contributed by atoms with Gasteiger partial charge in [-0.05, 0) is 19.3 Å². The first-order valence-corrected chi connectivity index (χ1v) is 8.05. The van der Waals surface area contributed by atoms with Crippen molar-refractivity contribution in [2.45, 2.75) is 57.2 Å². The fourth-order valence-corrected chi connectivity index (χ4v) is 3.14. The van der Waals surface area contributed by atoms with Crippen LogP contribution in [0.1, 0.15) is 50.5 Å². The number of nitrogens with one attached hydrogen (secondary N) is 1. The first-order valence-electron chi connectivity index (χ1n) is 7.24. The zero-order valence-corrected chi connectivity index (χ0v) is 12.8. The van der Waals surface area contributed by atoms with Crippen LogP contribution in [-0.2, 0) is 10.9 Å². The molecule has 1 aromatic rings. The third kappa shape index (κ3) is 4.54. The Kier molecular flexibility index (Phi) is 5.43. The topological polar surface area (TPSA) is 47.0 Å². The molecule has 2 rings (SSSR count). The third-order valence-electron chi connectivity index (χ3n) is 3.61. The van der Waals surface area contributed by atoms with Gasteiger partial charge in [0, 0.05) is 13.2 Å². The van der Waals surface area contributed by atoms with Crippen molar-refractivity contribution in [2.24, 2.45) is 0 Å². The maximum absolute atomic E-state index is 12.5. The van der Waals surface area contributed by atoms with Gasteiger partial charge in [-0.2, -0.15) is 13.2 Å². The third-order valence-corrected chi connectivity index (χ3v) is 4.53. The number of hydrogen-bond acceptors (Lipinski definition) is 5. The van der Waals surface area contributed by atoms with Crippen molar-refractivity contribution in [2.75, 3.05) is 18.5 Å². The molecular weight excluding hydrogens is 303 g/mol. The molecule has 0 amide bonds. The summed E-state index contributed by atoms with van der Waals surface area (Å²) in [5, 5.41) is 9.00. The Balaban J connectivity index is 1.96. The molecule has 1 heterocycles. The fourth-order valence-electron chi connectivity index (χ4n) is 2.53. The van der Waals surface area contributed by atoms with Crippen LogP contribution < -0.4 is 5.32 Å². The molecule has 1 fully saturated rings. The van der Waals surface area contributed by atoms with E-state index in [0.717, 1.165) is 32.1 Å². The van der Waals surface area contributed by atoms with Gasteiger partial charge in [-0.1, -0.05) is 37.5 Å². The number of aromatic nitrogens is 2. The monoisotopic (exact) mass is 323 g/mol. The molecule has 4 nitrogen and oxygen atoms in total. The predicted octanol–water partition coefficient (Wildman–Crippen LogP) is 4.10. The summed E-state index contributed by atoms with van der Waals surface area (Å²) in [7, 11) is 0. The summed E-state index contributed by atoms with van der Waals surface area (Å²) in [4.78, 5) is 0. The molecule has 120 valence electrons. The molecule has 8 heteroatoms. The normalized spacial score (nSPS) is 18.7. The molecule has 0 bridgehead atoms. The molecule has 1 N–H and O–H groups in total. The summed E-state index contributed by atoms with van der Waals surface area (Å²) in [5.74, 6) is 0. The molecular formula is C13H20F3N3OS. The largest absolute Gasteiger partial charge is 0.445 e. The van der Waals surface area contributed by atoms with Crippen LogP contribution in [0, 0.1) is 0 Å². The van der Waals surface area contributed by atoms with E-state index in [1.54, 1.807) is 0 Å². The molecule has 0 saturated heterocycles. The quantitative estimate of drug-likeness (QED) is 0.856. The van der Waals surface area contributed by atoms with E-state index in [2.05, 4.69) is 15.5 Å². The van der Waals surface area contributed by atoms with E-state index in [1.165, 1.54) is 6.42 Å². The second kappa shape index (κ2) is 6.91. The minimum absolute atomic E-state index is 0.201. The first kappa shape index (κ1) is 16.5. The van der Waals surface area contributed by atoms with Gasteiger partial charge >= 0.3 is 6.18 Å². The van der Waals surface area contributed by atoms with Crippen LogP contribution in [0.15, 0.2) is 0 Å². The van der Waals surface area contributed by atoms with Gasteiger partial charge in [0.1, 0.15) is 0 Å². The van der Waals surface area contributed by atoms with E-state index in [4.69, 9.17) is 4.74 Å². The number of halogens is 3. The molecule has 1 aromatic heterocycles. The summed E-state index contributed by atoms with van der Waals surface area (Å²) in [6, 6.07) is 0. The highest BCUT2D eigenvalue weighted by atomic mass is 32.1. The van der Waals surface area contributed by atoms with E-state index in [0.29, 0.717) is 24.5 Å². The maximum Gasteiger partial charge on any atom is 0.445 e. The van der Waals surface area contributed by atoms with Gasteiger partial charge in [0.25, 0.3) is 0 Å². The molecule has 1 aliphatic rings. The minimum atomic E-state index is -4.43. The van der Waals surface area contributed by atoms with E-state index in [-0.39, 0.29) is 10.7 Å². The Hall–Kier alpha value is -0.890. The second-order valence-electron chi connectivity index (χ2n) is 5.36. The molecule has 0 atom stereocenters. The number of anilines is 1. The molecule has 1 saturated carbocycles. The van der Waals surface area contributed by atoms with Crippen molar-refractivity contribution in [3.8, 4) is 0 Å². The highest BCUT2D eigenvalue weighted by molar-refractivity contribution is 7.15. The number of hydrogen-bond donors (Lipinski definition) is 1. The van der Waals surface area contributed by atoms with Crippen molar-refractivity contribution in [3.63, 3.8) is 0 Å². The molecule has 21 heavy (non-hydrogen) atoms.